The van der Waals surface area contributed by atoms with Crippen LogP contribution >= 0.6 is 0 Å². The van der Waals surface area contributed by atoms with Crippen molar-refractivity contribution in [3.8, 4) is 0 Å². The molecule has 0 aromatic heterocycles. The van der Waals surface area contributed by atoms with Gasteiger partial charge in [-0.3, -0.25) is 5.41 Å². The van der Waals surface area contributed by atoms with Gasteiger partial charge >= 0.3 is 5.92 Å². The fourth-order valence-electron chi connectivity index (χ4n) is 2.94. The molecule has 106 valence electrons. The molecule has 0 amide bonds. The van der Waals surface area contributed by atoms with Gasteiger partial charge in [-0.2, -0.15) is 8.78 Å². The number of rotatable bonds is 1. The molecule has 0 aromatic carbocycles. The number of halogens is 2. The highest BCUT2D eigenvalue weighted by molar-refractivity contribution is 5.96. The Morgan fingerprint density at radius 3 is 2.47 bits per heavy atom. The molecule has 1 aliphatic heterocycles. The van der Waals surface area contributed by atoms with Gasteiger partial charge in [-0.1, -0.05) is 25.5 Å². The van der Waals surface area contributed by atoms with E-state index >= 15 is 0 Å². The number of hydrogen-bond acceptors (Lipinski definition) is 2. The van der Waals surface area contributed by atoms with E-state index < -0.39 is 12.5 Å². The van der Waals surface area contributed by atoms with E-state index in [1.165, 1.54) is 4.90 Å². The van der Waals surface area contributed by atoms with Gasteiger partial charge in [-0.05, 0) is 19.8 Å². The van der Waals surface area contributed by atoms with E-state index in [1.54, 1.807) is 24.9 Å². The maximum atomic E-state index is 14.2. The Hall–Kier alpha value is -1.39. The number of nitrogens with zero attached hydrogens (tertiary/aromatic N) is 2. The lowest BCUT2D eigenvalue weighted by molar-refractivity contribution is 0.000794. The van der Waals surface area contributed by atoms with E-state index in [2.05, 4.69) is 6.58 Å². The third-order valence-corrected chi connectivity index (χ3v) is 4.13. The van der Waals surface area contributed by atoms with E-state index in [9.17, 15) is 8.78 Å². The Morgan fingerprint density at radius 1 is 1.37 bits per heavy atom. The molecule has 2 rings (SSSR count). The first-order valence-corrected chi connectivity index (χ1v) is 6.71. The maximum absolute atomic E-state index is 14.2. The number of alkyl halides is 2. The molecule has 1 aliphatic carbocycles. The maximum Gasteiger partial charge on any atom is 0.304 e. The summed E-state index contributed by atoms with van der Waals surface area (Å²) in [6.45, 7) is 4.85. The second kappa shape index (κ2) is 4.94. The zero-order chi connectivity index (χ0) is 14.2. The van der Waals surface area contributed by atoms with E-state index in [4.69, 9.17) is 5.41 Å². The Morgan fingerprint density at radius 2 is 1.95 bits per heavy atom. The number of hydrogen-bond donors (Lipinski definition) is 1. The summed E-state index contributed by atoms with van der Waals surface area (Å²) in [5.41, 5.74) is 0.278. The van der Waals surface area contributed by atoms with Crippen molar-refractivity contribution < 1.29 is 8.78 Å². The molecule has 1 saturated heterocycles. The quantitative estimate of drug-likeness (QED) is 0.792. The van der Waals surface area contributed by atoms with Gasteiger partial charge < -0.3 is 9.80 Å². The molecular formula is C14H21F2N3. The van der Waals surface area contributed by atoms with Crippen LogP contribution in [0.5, 0.6) is 0 Å². The van der Waals surface area contributed by atoms with Gasteiger partial charge in [0, 0.05) is 13.1 Å². The summed E-state index contributed by atoms with van der Waals surface area (Å²) < 4.78 is 28.4. The second-order valence-electron chi connectivity index (χ2n) is 5.30. The number of amidine groups is 1. The number of nitrogens with one attached hydrogen (secondary N) is 1. The zero-order valence-electron chi connectivity index (χ0n) is 11.5. The Balaban J connectivity index is 2.38. The zero-order valence-corrected chi connectivity index (χ0v) is 11.5. The Labute approximate surface area is 113 Å². The predicted molar refractivity (Wildman–Crippen MR) is 72.3 cm³/mol. The van der Waals surface area contributed by atoms with E-state index in [0.717, 1.165) is 25.7 Å². The monoisotopic (exact) mass is 269 g/mol. The molecule has 5 heteroatoms. The standard InChI is InChI=1S/C14H21F2N3/c1-4-12-13(17)19(11-7-5-6-8-11)9-14(15,16)10(2)18(12)3/h4,11,17H,2,5-9H2,1,3H3/b12-4+,17-13?. The van der Waals surface area contributed by atoms with Gasteiger partial charge in [0.1, 0.15) is 5.84 Å². The van der Waals surface area contributed by atoms with Crippen molar-refractivity contribution in [2.75, 3.05) is 13.6 Å². The largest absolute Gasteiger partial charge is 0.346 e. The van der Waals surface area contributed by atoms with Crippen molar-refractivity contribution >= 4 is 5.84 Å². The molecule has 0 unspecified atom stereocenters. The van der Waals surface area contributed by atoms with Gasteiger partial charge in [0.2, 0.25) is 0 Å². The molecule has 0 atom stereocenters. The fourth-order valence-corrected chi connectivity index (χ4v) is 2.94. The minimum absolute atomic E-state index is 0.0626. The molecule has 0 aromatic rings. The average molecular weight is 269 g/mol. The van der Waals surface area contributed by atoms with Crippen molar-refractivity contribution in [1.29, 1.82) is 5.41 Å². The normalized spacial score (nSPS) is 27.3. The molecule has 0 bridgehead atoms. The third-order valence-electron chi connectivity index (χ3n) is 4.13. The first kappa shape index (κ1) is 14.0. The van der Waals surface area contributed by atoms with Crippen molar-refractivity contribution in [1.82, 2.24) is 9.80 Å². The number of likely N-dealkylation sites (N-methyl/N-ethyl adjacent to an activating group) is 1. The van der Waals surface area contributed by atoms with Crippen LogP contribution in [-0.2, 0) is 0 Å². The third kappa shape index (κ3) is 2.38. The fraction of sp³-hybridized carbons (Fsp3) is 0.643. The van der Waals surface area contributed by atoms with E-state index in [1.807, 2.05) is 0 Å². The highest BCUT2D eigenvalue weighted by Crippen LogP contribution is 2.36. The average Bonchev–Trinajstić information content (AvgIpc) is 2.86. The van der Waals surface area contributed by atoms with Crippen LogP contribution in [0.1, 0.15) is 32.6 Å². The van der Waals surface area contributed by atoms with Crippen LogP contribution in [-0.4, -0.2) is 41.2 Å². The van der Waals surface area contributed by atoms with Gasteiger partial charge in [0.25, 0.3) is 0 Å². The molecule has 19 heavy (non-hydrogen) atoms. The summed E-state index contributed by atoms with van der Waals surface area (Å²) in [5.74, 6) is -2.80. The van der Waals surface area contributed by atoms with Gasteiger partial charge in [0.05, 0.1) is 17.9 Å². The lowest BCUT2D eigenvalue weighted by atomic mass is 10.1. The van der Waals surface area contributed by atoms with Crippen LogP contribution in [0, 0.1) is 5.41 Å². The molecule has 3 nitrogen and oxygen atoms in total. The smallest absolute Gasteiger partial charge is 0.304 e. The van der Waals surface area contributed by atoms with Crippen LogP contribution in [0.2, 0.25) is 0 Å². The van der Waals surface area contributed by atoms with Gasteiger partial charge in [-0.25, -0.2) is 0 Å². The Bertz CT molecular complexity index is 422. The summed E-state index contributed by atoms with van der Waals surface area (Å²) in [4.78, 5) is 2.91. The minimum Gasteiger partial charge on any atom is -0.346 e. The summed E-state index contributed by atoms with van der Waals surface area (Å²) in [6, 6.07) is 0.0626. The van der Waals surface area contributed by atoms with Crippen molar-refractivity contribution in [3.05, 3.63) is 24.0 Å². The highest BCUT2D eigenvalue weighted by atomic mass is 19.3. The highest BCUT2D eigenvalue weighted by Gasteiger charge is 2.44. The molecule has 1 saturated carbocycles. The molecule has 0 radical (unpaired) electrons. The van der Waals surface area contributed by atoms with Crippen LogP contribution in [0.3, 0.4) is 0 Å². The number of allylic oxidation sites excluding steroid dienone is 1. The molecule has 1 heterocycles. The molecular weight excluding hydrogens is 248 g/mol. The first-order chi connectivity index (χ1) is 8.88. The second-order valence-corrected chi connectivity index (χ2v) is 5.30. The predicted octanol–water partition coefficient (Wildman–Crippen LogP) is 3.21. The molecule has 0 spiro atoms. The van der Waals surface area contributed by atoms with Crippen LogP contribution in [0.25, 0.3) is 0 Å². The lowest BCUT2D eigenvalue weighted by Gasteiger charge is -2.31. The van der Waals surface area contributed by atoms with Crippen LogP contribution < -0.4 is 0 Å². The van der Waals surface area contributed by atoms with E-state index in [-0.39, 0.29) is 17.6 Å². The van der Waals surface area contributed by atoms with Gasteiger partial charge in [-0.15, -0.1) is 0 Å². The topological polar surface area (TPSA) is 30.3 Å². The molecule has 1 N–H and O–H groups in total. The summed E-state index contributed by atoms with van der Waals surface area (Å²) in [5, 5.41) is 8.25. The lowest BCUT2D eigenvalue weighted by Crippen LogP contribution is -2.44. The summed E-state index contributed by atoms with van der Waals surface area (Å²) >= 11 is 0. The molecule has 2 fully saturated rings. The van der Waals surface area contributed by atoms with Crippen LogP contribution in [0.4, 0.5) is 8.78 Å². The molecule has 2 aliphatic rings. The van der Waals surface area contributed by atoms with Crippen molar-refractivity contribution in [3.63, 3.8) is 0 Å². The SMILES string of the molecule is C=C1N(C)/C(=C/C)C(=N)N(C2CCCC2)CC1(F)F. The summed E-state index contributed by atoms with van der Waals surface area (Å²) in [6.07, 6.45) is 5.61. The van der Waals surface area contributed by atoms with Crippen molar-refractivity contribution in [2.45, 2.75) is 44.6 Å². The van der Waals surface area contributed by atoms with E-state index in [0.29, 0.717) is 5.70 Å². The van der Waals surface area contributed by atoms with Crippen molar-refractivity contribution in [2.24, 2.45) is 0 Å². The Kier molecular flexibility index (Phi) is 3.65. The summed E-state index contributed by atoms with van der Waals surface area (Å²) in [7, 11) is 1.55. The first-order valence-electron chi connectivity index (χ1n) is 6.71. The van der Waals surface area contributed by atoms with Gasteiger partial charge in [0.15, 0.2) is 0 Å². The minimum atomic E-state index is -2.99. The van der Waals surface area contributed by atoms with Crippen LogP contribution in [0.15, 0.2) is 24.0 Å².